The van der Waals surface area contributed by atoms with E-state index in [4.69, 9.17) is 22.1 Å². The first-order valence-electron chi connectivity index (χ1n) is 10.6. The van der Waals surface area contributed by atoms with Crippen LogP contribution in [0.5, 0.6) is 5.75 Å². The molecule has 31 heavy (non-hydrogen) atoms. The Labute approximate surface area is 189 Å². The van der Waals surface area contributed by atoms with Crippen molar-refractivity contribution in [2.75, 3.05) is 32.5 Å². The Bertz CT molecular complexity index is 978. The monoisotopic (exact) mass is 442 g/mol. The molecule has 3 rings (SSSR count). The second-order valence-corrected chi connectivity index (χ2v) is 8.13. The number of nitrogens with two attached hydrogens (primary N) is 1. The largest absolute Gasteiger partial charge is 0.495 e. The molecule has 0 amide bonds. The van der Waals surface area contributed by atoms with Crippen molar-refractivity contribution in [3.05, 3.63) is 75.7 Å². The smallest absolute Gasteiger partial charge is 0.251 e. The van der Waals surface area contributed by atoms with E-state index >= 15 is 0 Å². The number of rotatable bonds is 9. The fourth-order valence-corrected chi connectivity index (χ4v) is 4.15. The summed E-state index contributed by atoms with van der Waals surface area (Å²) < 4.78 is 6.95. The molecule has 6 nitrogen and oxygen atoms in total. The Morgan fingerprint density at radius 1 is 1.26 bits per heavy atom. The summed E-state index contributed by atoms with van der Waals surface area (Å²) in [6, 6.07) is 9.55. The quantitative estimate of drug-likeness (QED) is 0.581. The van der Waals surface area contributed by atoms with Crippen LogP contribution >= 0.6 is 11.6 Å². The number of piperidine rings is 1. The molecule has 0 bridgehead atoms. The van der Waals surface area contributed by atoms with Gasteiger partial charge in [-0.1, -0.05) is 36.4 Å². The average Bonchev–Trinajstić information content (AvgIpc) is 2.78. The zero-order valence-electron chi connectivity index (χ0n) is 18.0. The van der Waals surface area contributed by atoms with Crippen molar-refractivity contribution in [3.8, 4) is 5.75 Å². The number of ether oxygens (including phenoxy) is 1. The summed E-state index contributed by atoms with van der Waals surface area (Å²) in [7, 11) is 1.62. The molecule has 7 heteroatoms. The topological polar surface area (TPSA) is 72.5 Å². The standard InChI is InChI=1S/C24H31ClN4O2/c1-3-4-5-22-21(26)7-9-24(30)29(22)15-14-28-12-10-19(11-13-28)27-17-18-6-8-23(31-2)20(25)16-18/h3-9,16,19,27H,1,10-15,17,26H2,2H3/b5-4-. The van der Waals surface area contributed by atoms with Gasteiger partial charge in [-0.25, -0.2) is 0 Å². The molecular formula is C24H31ClN4O2. The molecule has 0 aliphatic carbocycles. The van der Waals surface area contributed by atoms with Gasteiger partial charge in [-0.05, 0) is 55.8 Å². The lowest BCUT2D eigenvalue weighted by molar-refractivity contribution is 0.190. The van der Waals surface area contributed by atoms with Gasteiger partial charge < -0.3 is 25.3 Å². The van der Waals surface area contributed by atoms with E-state index in [9.17, 15) is 4.79 Å². The Kier molecular flexibility index (Phi) is 8.35. The van der Waals surface area contributed by atoms with Crippen LogP contribution in [0.3, 0.4) is 0 Å². The van der Waals surface area contributed by atoms with Crippen molar-refractivity contribution in [1.29, 1.82) is 0 Å². The first-order chi connectivity index (χ1) is 15.0. The normalized spacial score (nSPS) is 15.4. The lowest BCUT2D eigenvalue weighted by Gasteiger charge is -2.32. The zero-order chi connectivity index (χ0) is 22.2. The molecule has 1 saturated heterocycles. The molecule has 1 fully saturated rings. The van der Waals surface area contributed by atoms with E-state index in [0.717, 1.165) is 50.3 Å². The van der Waals surface area contributed by atoms with Gasteiger partial charge in [-0.15, -0.1) is 0 Å². The Morgan fingerprint density at radius 3 is 2.71 bits per heavy atom. The minimum atomic E-state index is -0.0346. The number of benzene rings is 1. The molecule has 1 aliphatic heterocycles. The van der Waals surface area contributed by atoms with E-state index in [1.807, 2.05) is 24.3 Å². The molecule has 0 spiro atoms. The lowest BCUT2D eigenvalue weighted by atomic mass is 10.0. The number of allylic oxidation sites excluding steroid dienone is 2. The molecule has 2 heterocycles. The number of anilines is 1. The first kappa shape index (κ1) is 23.1. The number of methoxy groups -OCH3 is 1. The van der Waals surface area contributed by atoms with Crippen LogP contribution in [0.15, 0.2) is 53.9 Å². The van der Waals surface area contributed by atoms with E-state index in [2.05, 4.69) is 16.8 Å². The maximum absolute atomic E-state index is 12.4. The van der Waals surface area contributed by atoms with E-state index in [-0.39, 0.29) is 5.56 Å². The van der Waals surface area contributed by atoms with E-state index in [1.54, 1.807) is 29.9 Å². The molecule has 0 radical (unpaired) electrons. The molecule has 3 N–H and O–H groups in total. The van der Waals surface area contributed by atoms with Gasteiger partial charge in [0.05, 0.1) is 23.5 Å². The molecule has 2 aromatic rings. The summed E-state index contributed by atoms with van der Waals surface area (Å²) >= 11 is 6.21. The zero-order valence-corrected chi connectivity index (χ0v) is 18.8. The van der Waals surface area contributed by atoms with Crippen molar-refractivity contribution < 1.29 is 4.74 Å². The molecular weight excluding hydrogens is 412 g/mol. The van der Waals surface area contributed by atoms with Crippen LogP contribution < -0.4 is 21.3 Å². The van der Waals surface area contributed by atoms with Crippen molar-refractivity contribution >= 4 is 23.4 Å². The van der Waals surface area contributed by atoms with E-state index in [0.29, 0.717) is 29.0 Å². The van der Waals surface area contributed by atoms with Gasteiger partial charge in [0, 0.05) is 31.7 Å². The molecule has 1 aromatic heterocycles. The van der Waals surface area contributed by atoms with Gasteiger partial charge >= 0.3 is 0 Å². The number of aromatic nitrogens is 1. The van der Waals surface area contributed by atoms with Crippen LogP contribution in [0.4, 0.5) is 5.69 Å². The van der Waals surface area contributed by atoms with Crippen molar-refractivity contribution in [3.63, 3.8) is 0 Å². The highest BCUT2D eigenvalue weighted by molar-refractivity contribution is 6.32. The van der Waals surface area contributed by atoms with Gasteiger partial charge in [-0.2, -0.15) is 0 Å². The van der Waals surface area contributed by atoms with Crippen molar-refractivity contribution in [2.24, 2.45) is 0 Å². The number of likely N-dealkylation sites (tertiary alicyclic amines) is 1. The highest BCUT2D eigenvalue weighted by Gasteiger charge is 2.19. The Balaban J connectivity index is 1.49. The van der Waals surface area contributed by atoms with Crippen LogP contribution in [0.1, 0.15) is 24.1 Å². The van der Waals surface area contributed by atoms with E-state index < -0.39 is 0 Å². The fourth-order valence-electron chi connectivity index (χ4n) is 3.87. The third-order valence-electron chi connectivity index (χ3n) is 5.69. The maximum atomic E-state index is 12.4. The molecule has 166 valence electrons. The van der Waals surface area contributed by atoms with Crippen molar-refractivity contribution in [2.45, 2.75) is 32.0 Å². The molecule has 1 aromatic carbocycles. The second-order valence-electron chi connectivity index (χ2n) is 7.72. The summed E-state index contributed by atoms with van der Waals surface area (Å²) in [5.74, 6) is 0.696. The predicted octanol–water partition coefficient (Wildman–Crippen LogP) is 3.55. The molecule has 0 unspecified atom stereocenters. The summed E-state index contributed by atoms with van der Waals surface area (Å²) in [5, 5.41) is 4.26. The summed E-state index contributed by atoms with van der Waals surface area (Å²) in [5.41, 5.74) is 8.53. The lowest BCUT2D eigenvalue weighted by Crippen LogP contribution is -2.43. The molecule has 1 aliphatic rings. The fraction of sp³-hybridized carbons (Fsp3) is 0.375. The number of hydrogen-bond donors (Lipinski definition) is 2. The van der Waals surface area contributed by atoms with Gasteiger partial charge in [0.25, 0.3) is 5.56 Å². The minimum absolute atomic E-state index is 0.0346. The predicted molar refractivity (Wildman–Crippen MR) is 129 cm³/mol. The summed E-state index contributed by atoms with van der Waals surface area (Å²) in [6.45, 7) is 7.90. The van der Waals surface area contributed by atoms with Crippen LogP contribution in [0, 0.1) is 0 Å². The number of pyridine rings is 1. The van der Waals surface area contributed by atoms with E-state index in [1.165, 1.54) is 6.07 Å². The Hall–Kier alpha value is -2.54. The number of halogens is 1. The molecule has 0 saturated carbocycles. The van der Waals surface area contributed by atoms with Crippen LogP contribution in [-0.4, -0.2) is 42.3 Å². The number of hydrogen-bond acceptors (Lipinski definition) is 5. The number of nitrogens with one attached hydrogen (secondary N) is 1. The van der Waals surface area contributed by atoms with Crippen molar-refractivity contribution in [1.82, 2.24) is 14.8 Å². The SMILES string of the molecule is C=C/C=C\c1c(N)ccc(=O)n1CCN1CCC(NCc2ccc(OC)c(Cl)c2)CC1. The minimum Gasteiger partial charge on any atom is -0.495 e. The maximum Gasteiger partial charge on any atom is 0.251 e. The Morgan fingerprint density at radius 2 is 2.03 bits per heavy atom. The summed E-state index contributed by atoms with van der Waals surface area (Å²) in [4.78, 5) is 14.8. The second kappa shape index (κ2) is 11.2. The van der Waals surface area contributed by atoms with Gasteiger partial charge in [0.15, 0.2) is 0 Å². The third-order valence-corrected chi connectivity index (χ3v) is 5.98. The first-order valence-corrected chi connectivity index (χ1v) is 11.0. The number of nitrogen functional groups attached to an aromatic ring is 1. The number of nitrogens with zero attached hydrogens (tertiary/aromatic N) is 2. The summed E-state index contributed by atoms with van der Waals surface area (Å²) in [6.07, 6.45) is 7.46. The highest BCUT2D eigenvalue weighted by Crippen LogP contribution is 2.25. The van der Waals surface area contributed by atoms with Gasteiger partial charge in [-0.3, -0.25) is 4.79 Å². The third kappa shape index (κ3) is 6.23. The van der Waals surface area contributed by atoms with Gasteiger partial charge in [0.1, 0.15) is 5.75 Å². The van der Waals surface area contributed by atoms with Crippen LogP contribution in [0.2, 0.25) is 5.02 Å². The molecule has 0 atom stereocenters. The van der Waals surface area contributed by atoms with Gasteiger partial charge in [0.2, 0.25) is 0 Å². The van der Waals surface area contributed by atoms with Crippen LogP contribution in [0.25, 0.3) is 6.08 Å². The average molecular weight is 443 g/mol. The van der Waals surface area contributed by atoms with Crippen LogP contribution in [-0.2, 0) is 13.1 Å². The highest BCUT2D eigenvalue weighted by atomic mass is 35.5.